The molecule has 0 aliphatic heterocycles. The maximum absolute atomic E-state index is 10.8. The highest BCUT2D eigenvalue weighted by Crippen LogP contribution is 2.38. The monoisotopic (exact) mass is 235 g/mol. The van der Waals surface area contributed by atoms with Gasteiger partial charge >= 0.3 is 5.97 Å². The molecular formula is C12H17N3O2. The maximum Gasteiger partial charge on any atom is 0.308 e. The van der Waals surface area contributed by atoms with E-state index in [1.165, 1.54) is 12.8 Å². The summed E-state index contributed by atoms with van der Waals surface area (Å²) in [6.45, 7) is 2.15. The van der Waals surface area contributed by atoms with Gasteiger partial charge in [-0.3, -0.25) is 4.79 Å². The molecule has 1 saturated carbocycles. The molecule has 5 heteroatoms. The van der Waals surface area contributed by atoms with E-state index in [4.69, 9.17) is 5.11 Å². The van der Waals surface area contributed by atoms with Crippen molar-refractivity contribution in [2.24, 2.45) is 5.92 Å². The first-order valence-electron chi connectivity index (χ1n) is 5.85. The van der Waals surface area contributed by atoms with Crippen LogP contribution in [0.5, 0.6) is 0 Å². The van der Waals surface area contributed by atoms with E-state index in [9.17, 15) is 4.79 Å². The molecule has 1 aromatic heterocycles. The highest BCUT2D eigenvalue weighted by atomic mass is 16.4. The molecule has 1 unspecified atom stereocenters. The van der Waals surface area contributed by atoms with Gasteiger partial charge in [0.2, 0.25) is 0 Å². The van der Waals surface area contributed by atoms with E-state index < -0.39 is 11.9 Å². The Balaban J connectivity index is 2.05. The lowest BCUT2D eigenvalue weighted by Gasteiger charge is -2.20. The molecule has 0 aromatic carbocycles. The predicted octanol–water partition coefficient (Wildman–Crippen LogP) is 1.51. The van der Waals surface area contributed by atoms with Gasteiger partial charge in [-0.15, -0.1) is 0 Å². The third kappa shape index (κ3) is 2.93. The minimum absolute atomic E-state index is 0.403. The number of carboxylic acid groups (broad SMARTS) is 1. The minimum atomic E-state index is -0.784. The van der Waals surface area contributed by atoms with E-state index in [1.807, 2.05) is 18.0 Å². The van der Waals surface area contributed by atoms with E-state index in [2.05, 4.69) is 9.97 Å². The van der Waals surface area contributed by atoms with Crippen molar-refractivity contribution in [3.05, 3.63) is 18.1 Å². The van der Waals surface area contributed by atoms with Crippen LogP contribution in [0.3, 0.4) is 0 Å². The van der Waals surface area contributed by atoms with Gasteiger partial charge in [-0.1, -0.05) is 6.92 Å². The van der Waals surface area contributed by atoms with Crippen molar-refractivity contribution in [2.75, 3.05) is 18.5 Å². The number of carboxylic acids is 1. The predicted molar refractivity (Wildman–Crippen MR) is 64.1 cm³/mol. The zero-order valence-corrected chi connectivity index (χ0v) is 10.1. The quantitative estimate of drug-likeness (QED) is 0.838. The van der Waals surface area contributed by atoms with Crippen LogP contribution in [0.4, 0.5) is 5.82 Å². The van der Waals surface area contributed by atoms with E-state index in [1.54, 1.807) is 13.1 Å². The first kappa shape index (κ1) is 11.8. The number of rotatable bonds is 5. The van der Waals surface area contributed by atoms with Gasteiger partial charge in [0, 0.05) is 25.7 Å². The second-order valence-electron chi connectivity index (χ2n) is 4.67. The molecule has 1 aromatic rings. The van der Waals surface area contributed by atoms with Crippen LogP contribution in [-0.2, 0) is 4.79 Å². The fourth-order valence-electron chi connectivity index (χ4n) is 1.70. The highest BCUT2D eigenvalue weighted by molar-refractivity contribution is 5.70. The molecule has 0 saturated heterocycles. The van der Waals surface area contributed by atoms with Crippen molar-refractivity contribution < 1.29 is 9.90 Å². The summed E-state index contributed by atoms with van der Waals surface area (Å²) in [7, 11) is 1.86. The third-order valence-electron chi connectivity index (χ3n) is 2.96. The molecule has 2 rings (SSSR count). The Labute approximate surface area is 100 Å². The largest absolute Gasteiger partial charge is 0.481 e. The van der Waals surface area contributed by atoms with Crippen LogP contribution < -0.4 is 4.90 Å². The average Bonchev–Trinajstić information content (AvgIpc) is 3.12. The number of hydrogen-bond acceptors (Lipinski definition) is 4. The Kier molecular flexibility index (Phi) is 3.26. The average molecular weight is 235 g/mol. The Morgan fingerprint density at radius 2 is 2.35 bits per heavy atom. The zero-order chi connectivity index (χ0) is 12.4. The smallest absolute Gasteiger partial charge is 0.308 e. The summed E-state index contributed by atoms with van der Waals surface area (Å²) in [5.41, 5.74) is 0. The number of anilines is 1. The van der Waals surface area contributed by atoms with Crippen LogP contribution in [0.25, 0.3) is 0 Å². The van der Waals surface area contributed by atoms with Crippen molar-refractivity contribution in [1.29, 1.82) is 0 Å². The van der Waals surface area contributed by atoms with Gasteiger partial charge in [0.25, 0.3) is 0 Å². The number of nitrogens with zero attached hydrogens (tertiary/aromatic N) is 3. The molecule has 0 spiro atoms. The summed E-state index contributed by atoms with van der Waals surface area (Å²) in [5.74, 6) is 1.01. The molecule has 5 nitrogen and oxygen atoms in total. The van der Waals surface area contributed by atoms with Gasteiger partial charge in [0.1, 0.15) is 11.6 Å². The number of aromatic nitrogens is 2. The molecule has 1 atom stereocenters. The fraction of sp³-hybridized carbons (Fsp3) is 0.583. The van der Waals surface area contributed by atoms with E-state index in [0.29, 0.717) is 12.5 Å². The summed E-state index contributed by atoms with van der Waals surface area (Å²) in [5, 5.41) is 8.87. The van der Waals surface area contributed by atoms with Gasteiger partial charge in [0.05, 0.1) is 5.92 Å². The van der Waals surface area contributed by atoms with Gasteiger partial charge in [-0.2, -0.15) is 0 Å². The summed E-state index contributed by atoms with van der Waals surface area (Å²) >= 11 is 0. The minimum Gasteiger partial charge on any atom is -0.481 e. The Hall–Kier alpha value is -1.65. The van der Waals surface area contributed by atoms with Gasteiger partial charge in [0.15, 0.2) is 0 Å². The van der Waals surface area contributed by atoms with Crippen LogP contribution in [0.1, 0.15) is 31.5 Å². The Bertz CT molecular complexity index is 418. The van der Waals surface area contributed by atoms with Gasteiger partial charge in [-0.25, -0.2) is 9.97 Å². The molecule has 0 amide bonds. The first-order valence-corrected chi connectivity index (χ1v) is 5.85. The molecule has 1 fully saturated rings. The summed E-state index contributed by atoms with van der Waals surface area (Å²) in [4.78, 5) is 21.4. The van der Waals surface area contributed by atoms with E-state index >= 15 is 0 Å². The molecular weight excluding hydrogens is 218 g/mol. The summed E-state index contributed by atoms with van der Waals surface area (Å²) in [6, 6.07) is 1.82. The van der Waals surface area contributed by atoms with Crippen LogP contribution in [-0.4, -0.2) is 34.6 Å². The highest BCUT2D eigenvalue weighted by Gasteiger charge is 2.27. The Morgan fingerprint density at radius 3 is 2.94 bits per heavy atom. The standard InChI is InChI=1S/C12H17N3O2/c1-8(12(16)17)7-15(2)10-5-6-13-11(14-10)9-3-4-9/h5-6,8-9H,3-4,7H2,1-2H3,(H,16,17). The molecule has 0 bridgehead atoms. The molecule has 92 valence electrons. The van der Waals surface area contributed by atoms with Crippen LogP contribution in [0, 0.1) is 5.92 Å². The lowest BCUT2D eigenvalue weighted by molar-refractivity contribution is -0.140. The van der Waals surface area contributed by atoms with Crippen molar-refractivity contribution in [3.63, 3.8) is 0 Å². The van der Waals surface area contributed by atoms with Crippen LogP contribution in [0.2, 0.25) is 0 Å². The van der Waals surface area contributed by atoms with Crippen molar-refractivity contribution in [1.82, 2.24) is 9.97 Å². The SMILES string of the molecule is CC(CN(C)c1ccnc(C2CC2)n1)C(=O)O. The summed E-state index contributed by atoms with van der Waals surface area (Å²) < 4.78 is 0. The number of hydrogen-bond donors (Lipinski definition) is 1. The molecule has 1 aliphatic carbocycles. The normalized spacial score (nSPS) is 16.6. The van der Waals surface area contributed by atoms with E-state index in [-0.39, 0.29) is 0 Å². The molecule has 1 heterocycles. The fourth-order valence-corrected chi connectivity index (χ4v) is 1.70. The van der Waals surface area contributed by atoms with Crippen molar-refractivity contribution in [3.8, 4) is 0 Å². The van der Waals surface area contributed by atoms with Crippen molar-refractivity contribution in [2.45, 2.75) is 25.7 Å². The van der Waals surface area contributed by atoms with E-state index in [0.717, 1.165) is 11.6 Å². The van der Waals surface area contributed by atoms with Crippen LogP contribution >= 0.6 is 0 Å². The van der Waals surface area contributed by atoms with Crippen molar-refractivity contribution >= 4 is 11.8 Å². The number of carbonyl (C=O) groups is 1. The topological polar surface area (TPSA) is 66.3 Å². The summed E-state index contributed by atoms with van der Waals surface area (Å²) in [6.07, 6.45) is 4.08. The Morgan fingerprint density at radius 1 is 1.65 bits per heavy atom. The number of aliphatic carboxylic acids is 1. The first-order chi connectivity index (χ1) is 8.08. The molecule has 0 radical (unpaired) electrons. The third-order valence-corrected chi connectivity index (χ3v) is 2.96. The maximum atomic E-state index is 10.8. The second kappa shape index (κ2) is 4.69. The van der Waals surface area contributed by atoms with Gasteiger partial charge < -0.3 is 10.0 Å². The molecule has 17 heavy (non-hydrogen) atoms. The van der Waals surface area contributed by atoms with Gasteiger partial charge in [-0.05, 0) is 18.9 Å². The lowest BCUT2D eigenvalue weighted by Crippen LogP contribution is -2.29. The second-order valence-corrected chi connectivity index (χ2v) is 4.67. The molecule has 1 N–H and O–H groups in total. The molecule has 1 aliphatic rings. The van der Waals surface area contributed by atoms with Crippen LogP contribution in [0.15, 0.2) is 12.3 Å². The zero-order valence-electron chi connectivity index (χ0n) is 10.1. The lowest BCUT2D eigenvalue weighted by atomic mass is 10.2.